The topological polar surface area (TPSA) is 51.9 Å². The van der Waals surface area contributed by atoms with Gasteiger partial charge in [-0.05, 0) is 54.0 Å². The summed E-state index contributed by atoms with van der Waals surface area (Å²) in [5.74, 6) is 0.710. The lowest BCUT2D eigenvalue weighted by Gasteiger charge is -2.37. The second-order valence-corrected chi connectivity index (χ2v) is 9.58. The third-order valence-electron chi connectivity index (χ3n) is 7.72. The van der Waals surface area contributed by atoms with Crippen molar-refractivity contribution in [2.75, 3.05) is 0 Å². The number of imidazole rings is 1. The van der Waals surface area contributed by atoms with Crippen molar-refractivity contribution >= 4 is 5.91 Å². The Balaban J connectivity index is 0.00000304. The predicted molar refractivity (Wildman–Crippen MR) is 134 cm³/mol. The Hall–Kier alpha value is -3.25. The number of hydrogen-bond donors (Lipinski definition) is 1. The second kappa shape index (κ2) is 10.8. The molecule has 1 heterocycles. The average molecular weight is 549 g/mol. The first-order valence-corrected chi connectivity index (χ1v) is 12.2. The third kappa shape index (κ3) is 4.62. The lowest BCUT2D eigenvalue weighted by Crippen LogP contribution is -3.00. The highest BCUT2D eigenvalue weighted by atomic mass is 79.9. The number of rotatable bonds is 7. The molecule has 6 heteroatoms. The van der Waals surface area contributed by atoms with Gasteiger partial charge in [-0.2, -0.15) is 0 Å². The molecule has 3 aromatic carbocycles. The molecule has 186 valence electrons. The number of nitrogens with zero attached hydrogens (tertiary/aromatic N) is 2. The molecule has 4 aromatic rings. The first kappa shape index (κ1) is 25.8. The zero-order valence-corrected chi connectivity index (χ0v) is 21.9. The summed E-state index contributed by atoms with van der Waals surface area (Å²) in [6.45, 7) is 2.81. The SMILES string of the molecule is Cc1n(C2CCC(C(C(N)=O)(c3ccccc3)c3ccccc3)C2)cc[n+]1Cc1ccc(F)cc1.[Br-]. The van der Waals surface area contributed by atoms with Crippen molar-refractivity contribution < 1.29 is 30.7 Å². The molecule has 2 unspecified atom stereocenters. The van der Waals surface area contributed by atoms with Gasteiger partial charge in [0.2, 0.25) is 5.91 Å². The van der Waals surface area contributed by atoms with E-state index in [4.69, 9.17) is 5.73 Å². The van der Waals surface area contributed by atoms with Crippen LogP contribution in [0.5, 0.6) is 0 Å². The van der Waals surface area contributed by atoms with E-state index in [9.17, 15) is 9.18 Å². The van der Waals surface area contributed by atoms with Crippen LogP contribution >= 0.6 is 0 Å². The Morgan fingerprint density at radius 2 is 1.56 bits per heavy atom. The Kier molecular flexibility index (Phi) is 7.74. The second-order valence-electron chi connectivity index (χ2n) is 9.58. The van der Waals surface area contributed by atoms with Gasteiger partial charge in [0, 0.05) is 6.92 Å². The number of primary amides is 1. The summed E-state index contributed by atoms with van der Waals surface area (Å²) in [5.41, 5.74) is 8.36. The van der Waals surface area contributed by atoms with E-state index in [0.717, 1.165) is 41.8 Å². The normalized spacial score (nSPS) is 17.5. The van der Waals surface area contributed by atoms with E-state index >= 15 is 0 Å². The van der Waals surface area contributed by atoms with Crippen LogP contribution in [0.4, 0.5) is 4.39 Å². The Labute approximate surface area is 222 Å². The van der Waals surface area contributed by atoms with E-state index in [2.05, 4.69) is 28.5 Å². The van der Waals surface area contributed by atoms with Gasteiger partial charge in [-0.3, -0.25) is 4.79 Å². The predicted octanol–water partition coefficient (Wildman–Crippen LogP) is 2.09. The largest absolute Gasteiger partial charge is 1.00 e. The van der Waals surface area contributed by atoms with Crippen LogP contribution in [-0.2, 0) is 16.8 Å². The molecule has 5 rings (SSSR count). The molecular weight excluding hydrogens is 517 g/mol. The van der Waals surface area contributed by atoms with Gasteiger partial charge in [-0.15, -0.1) is 0 Å². The molecule has 1 fully saturated rings. The minimum absolute atomic E-state index is 0. The minimum Gasteiger partial charge on any atom is -1.00 e. The van der Waals surface area contributed by atoms with Crippen molar-refractivity contribution in [1.29, 1.82) is 0 Å². The number of hydrogen-bond acceptors (Lipinski definition) is 1. The van der Waals surface area contributed by atoms with Crippen molar-refractivity contribution in [3.05, 3.63) is 126 Å². The number of benzene rings is 3. The van der Waals surface area contributed by atoms with Gasteiger partial charge < -0.3 is 22.7 Å². The number of halogens is 2. The Bertz CT molecular complexity index is 1270. The summed E-state index contributed by atoms with van der Waals surface area (Å²) in [6.07, 6.45) is 6.96. The van der Waals surface area contributed by atoms with Gasteiger partial charge in [0.25, 0.3) is 5.82 Å². The van der Waals surface area contributed by atoms with E-state index in [1.807, 2.05) is 72.8 Å². The lowest BCUT2D eigenvalue weighted by atomic mass is 9.64. The summed E-state index contributed by atoms with van der Waals surface area (Å²) in [5, 5.41) is 0. The maximum absolute atomic E-state index is 13.3. The van der Waals surface area contributed by atoms with Gasteiger partial charge in [-0.1, -0.05) is 72.8 Å². The third-order valence-corrected chi connectivity index (χ3v) is 7.72. The smallest absolute Gasteiger partial charge is 0.253 e. The van der Waals surface area contributed by atoms with Crippen molar-refractivity contribution in [1.82, 2.24) is 4.57 Å². The van der Waals surface area contributed by atoms with E-state index in [0.29, 0.717) is 6.54 Å². The van der Waals surface area contributed by atoms with Gasteiger partial charge in [0.05, 0.1) is 0 Å². The summed E-state index contributed by atoms with van der Waals surface area (Å²) in [6, 6.07) is 26.9. The molecule has 0 radical (unpaired) electrons. The van der Waals surface area contributed by atoms with Crippen LogP contribution < -0.4 is 27.3 Å². The molecule has 1 saturated carbocycles. The molecule has 0 aliphatic heterocycles. The maximum Gasteiger partial charge on any atom is 0.253 e. The van der Waals surface area contributed by atoms with Gasteiger partial charge in [0.1, 0.15) is 36.2 Å². The summed E-state index contributed by atoms with van der Waals surface area (Å²) < 4.78 is 17.8. The fourth-order valence-corrected chi connectivity index (χ4v) is 5.99. The molecule has 1 aliphatic carbocycles. The number of carbonyl (C=O) groups excluding carboxylic acids is 1. The lowest BCUT2D eigenvalue weighted by molar-refractivity contribution is -0.694. The van der Waals surface area contributed by atoms with Gasteiger partial charge >= 0.3 is 0 Å². The molecule has 0 spiro atoms. The van der Waals surface area contributed by atoms with Crippen LogP contribution in [0.25, 0.3) is 0 Å². The number of carbonyl (C=O) groups is 1. The van der Waals surface area contributed by atoms with Crippen LogP contribution in [0, 0.1) is 18.7 Å². The summed E-state index contributed by atoms with van der Waals surface area (Å²) >= 11 is 0. The number of nitrogens with two attached hydrogens (primary N) is 1. The molecule has 2 atom stereocenters. The van der Waals surface area contributed by atoms with Crippen molar-refractivity contribution in [3.8, 4) is 0 Å². The van der Waals surface area contributed by atoms with E-state index in [-0.39, 0.29) is 40.7 Å². The Morgan fingerprint density at radius 3 is 2.11 bits per heavy atom. The molecular formula is C30H31BrFN3O. The average Bonchev–Trinajstić information content (AvgIpc) is 3.49. The molecule has 1 aromatic heterocycles. The highest BCUT2D eigenvalue weighted by molar-refractivity contribution is 5.91. The van der Waals surface area contributed by atoms with E-state index < -0.39 is 5.41 Å². The van der Waals surface area contributed by atoms with Crippen molar-refractivity contribution in [2.24, 2.45) is 11.7 Å². The molecule has 0 saturated heterocycles. The number of aromatic nitrogens is 2. The molecule has 0 bridgehead atoms. The van der Waals surface area contributed by atoms with Gasteiger partial charge in [0.15, 0.2) is 0 Å². The Morgan fingerprint density at radius 1 is 0.972 bits per heavy atom. The van der Waals surface area contributed by atoms with E-state index in [1.165, 1.54) is 12.1 Å². The maximum atomic E-state index is 13.3. The first-order valence-electron chi connectivity index (χ1n) is 12.2. The molecule has 4 nitrogen and oxygen atoms in total. The zero-order valence-electron chi connectivity index (χ0n) is 20.4. The van der Waals surface area contributed by atoms with Crippen LogP contribution in [0.2, 0.25) is 0 Å². The van der Waals surface area contributed by atoms with Crippen LogP contribution in [-0.4, -0.2) is 10.5 Å². The molecule has 2 N–H and O–H groups in total. The van der Waals surface area contributed by atoms with Crippen LogP contribution in [0.15, 0.2) is 97.3 Å². The fraction of sp³-hybridized carbons (Fsp3) is 0.267. The summed E-state index contributed by atoms with van der Waals surface area (Å²) in [7, 11) is 0. The molecule has 1 amide bonds. The standard InChI is InChI=1S/C30H30FN3O.BrH/c1-22-33(21-23-12-15-27(31)16-13-23)18-19-34(22)28-17-14-26(20-28)30(29(32)35,24-8-4-2-5-9-24)25-10-6-3-7-11-25;/h2-13,15-16,18-19,26,28H,14,17,20-21H2,1H3,(H-,32,35);1H. The molecule has 36 heavy (non-hydrogen) atoms. The van der Waals surface area contributed by atoms with Crippen molar-refractivity contribution in [2.45, 2.75) is 44.2 Å². The van der Waals surface area contributed by atoms with Crippen LogP contribution in [0.1, 0.15) is 47.8 Å². The quantitative estimate of drug-likeness (QED) is 0.354. The highest BCUT2D eigenvalue weighted by Crippen LogP contribution is 2.49. The van der Waals surface area contributed by atoms with Crippen LogP contribution in [0.3, 0.4) is 0 Å². The van der Waals surface area contributed by atoms with Gasteiger partial charge in [-0.25, -0.2) is 13.5 Å². The minimum atomic E-state index is -0.873. The number of amides is 1. The molecule has 1 aliphatic rings. The monoisotopic (exact) mass is 547 g/mol. The fourth-order valence-electron chi connectivity index (χ4n) is 5.99. The van der Waals surface area contributed by atoms with E-state index in [1.54, 1.807) is 0 Å². The summed E-state index contributed by atoms with van der Waals surface area (Å²) in [4.78, 5) is 13.3. The van der Waals surface area contributed by atoms with Crippen molar-refractivity contribution in [3.63, 3.8) is 0 Å². The zero-order chi connectivity index (χ0) is 24.4. The first-order chi connectivity index (χ1) is 17.0. The highest BCUT2D eigenvalue weighted by Gasteiger charge is 2.51.